The van der Waals surface area contributed by atoms with Crippen molar-refractivity contribution in [3.05, 3.63) is 58.9 Å². The molecule has 0 spiro atoms. The van der Waals surface area contributed by atoms with Gasteiger partial charge in [0.05, 0.1) is 11.9 Å². The first-order valence-electron chi connectivity index (χ1n) is 6.35. The number of carbonyl (C=O) groups excluding carboxylic acids is 1. The fraction of sp³-hybridized carbons (Fsp3) is 0.200. The highest BCUT2D eigenvalue weighted by molar-refractivity contribution is 6.30. The van der Waals surface area contributed by atoms with E-state index < -0.39 is 0 Å². The van der Waals surface area contributed by atoms with Crippen molar-refractivity contribution in [1.82, 2.24) is 10.3 Å². The third-order valence-corrected chi connectivity index (χ3v) is 3.15. The fourth-order valence-corrected chi connectivity index (χ4v) is 1.86. The number of nitrogens with zero attached hydrogens (tertiary/aromatic N) is 1. The molecule has 0 unspecified atom stereocenters. The van der Waals surface area contributed by atoms with Crippen LogP contribution in [-0.4, -0.2) is 24.5 Å². The molecule has 0 bridgehead atoms. The highest BCUT2D eigenvalue weighted by Gasteiger charge is 2.06. The summed E-state index contributed by atoms with van der Waals surface area (Å²) < 4.78 is 0. The average molecular weight is 290 g/mol. The van der Waals surface area contributed by atoms with E-state index in [1.54, 1.807) is 12.3 Å². The van der Waals surface area contributed by atoms with E-state index in [4.69, 9.17) is 11.6 Å². The molecule has 4 nitrogen and oxygen atoms in total. The summed E-state index contributed by atoms with van der Waals surface area (Å²) in [5, 5.41) is 6.52. The zero-order chi connectivity index (χ0) is 14.4. The van der Waals surface area contributed by atoms with Gasteiger partial charge in [-0.05, 0) is 36.2 Å². The molecule has 0 radical (unpaired) electrons. The molecule has 0 fully saturated rings. The molecule has 1 heterocycles. The van der Waals surface area contributed by atoms with E-state index in [1.165, 1.54) is 0 Å². The minimum absolute atomic E-state index is 0.165. The van der Waals surface area contributed by atoms with Gasteiger partial charge in [-0.15, -0.1) is 0 Å². The van der Waals surface area contributed by atoms with Gasteiger partial charge < -0.3 is 10.6 Å². The monoisotopic (exact) mass is 289 g/mol. The first-order valence-corrected chi connectivity index (χ1v) is 6.73. The van der Waals surface area contributed by atoms with Crippen LogP contribution >= 0.6 is 11.6 Å². The van der Waals surface area contributed by atoms with E-state index >= 15 is 0 Å². The molecule has 2 N–H and O–H groups in total. The number of halogens is 1. The Morgan fingerprint density at radius 3 is 2.55 bits per heavy atom. The number of hydrogen-bond acceptors (Lipinski definition) is 3. The van der Waals surface area contributed by atoms with Gasteiger partial charge in [-0.25, -0.2) is 4.98 Å². The second kappa shape index (κ2) is 6.91. The first-order chi connectivity index (χ1) is 9.69. The van der Waals surface area contributed by atoms with E-state index in [9.17, 15) is 4.79 Å². The quantitative estimate of drug-likeness (QED) is 0.890. The van der Waals surface area contributed by atoms with Crippen LogP contribution in [0.2, 0.25) is 5.02 Å². The molecule has 5 heteroatoms. The van der Waals surface area contributed by atoms with Crippen molar-refractivity contribution in [3.8, 4) is 0 Å². The van der Waals surface area contributed by atoms with Crippen molar-refractivity contribution in [2.45, 2.75) is 6.42 Å². The van der Waals surface area contributed by atoms with Crippen LogP contribution < -0.4 is 10.6 Å². The van der Waals surface area contributed by atoms with Crippen LogP contribution in [0.3, 0.4) is 0 Å². The maximum absolute atomic E-state index is 11.9. The number of aromatic nitrogens is 1. The van der Waals surface area contributed by atoms with Crippen molar-refractivity contribution in [1.29, 1.82) is 0 Å². The third-order valence-electron chi connectivity index (χ3n) is 2.90. The van der Waals surface area contributed by atoms with Crippen LogP contribution in [0.4, 0.5) is 5.69 Å². The Balaban J connectivity index is 1.83. The lowest BCUT2D eigenvalue weighted by atomic mass is 10.1. The number of rotatable bonds is 5. The predicted molar refractivity (Wildman–Crippen MR) is 81.3 cm³/mol. The number of nitrogens with one attached hydrogen (secondary N) is 2. The van der Waals surface area contributed by atoms with Gasteiger partial charge in [-0.3, -0.25) is 4.79 Å². The molecule has 0 saturated heterocycles. The van der Waals surface area contributed by atoms with Crippen LogP contribution in [0.5, 0.6) is 0 Å². The Hall–Kier alpha value is -2.07. The standard InChI is InChI=1S/C15H16ClN3O/c1-17-13-6-7-14(19-10-13)15(20)18-9-8-11-2-4-12(16)5-3-11/h2-7,10,17H,8-9H2,1H3,(H,18,20). The zero-order valence-electron chi connectivity index (χ0n) is 11.2. The van der Waals surface area contributed by atoms with Gasteiger partial charge in [0.15, 0.2) is 0 Å². The highest BCUT2D eigenvalue weighted by atomic mass is 35.5. The van der Waals surface area contributed by atoms with Gasteiger partial charge in [-0.1, -0.05) is 23.7 Å². The van der Waals surface area contributed by atoms with Gasteiger partial charge in [0.2, 0.25) is 0 Å². The third kappa shape index (κ3) is 3.96. The molecule has 0 aliphatic heterocycles. The van der Waals surface area contributed by atoms with Crippen LogP contribution in [0, 0.1) is 0 Å². The van der Waals surface area contributed by atoms with Crippen molar-refractivity contribution >= 4 is 23.2 Å². The molecule has 0 aliphatic rings. The van der Waals surface area contributed by atoms with Crippen LogP contribution in [-0.2, 0) is 6.42 Å². The van der Waals surface area contributed by atoms with Gasteiger partial charge in [-0.2, -0.15) is 0 Å². The van der Waals surface area contributed by atoms with Crippen molar-refractivity contribution in [2.24, 2.45) is 0 Å². The van der Waals surface area contributed by atoms with Gasteiger partial charge in [0, 0.05) is 18.6 Å². The molecular formula is C15H16ClN3O. The van der Waals surface area contributed by atoms with Crippen LogP contribution in [0.1, 0.15) is 16.1 Å². The fourth-order valence-electron chi connectivity index (χ4n) is 1.74. The van der Waals surface area contributed by atoms with Gasteiger partial charge >= 0.3 is 0 Å². The summed E-state index contributed by atoms with van der Waals surface area (Å²) >= 11 is 5.82. The average Bonchev–Trinajstić information content (AvgIpc) is 2.49. The zero-order valence-corrected chi connectivity index (χ0v) is 11.9. The summed E-state index contributed by atoms with van der Waals surface area (Å²) in [6.07, 6.45) is 2.39. The van der Waals surface area contributed by atoms with Gasteiger partial charge in [0.25, 0.3) is 5.91 Å². The molecule has 0 saturated carbocycles. The van der Waals surface area contributed by atoms with E-state index in [2.05, 4.69) is 15.6 Å². The number of amides is 1. The second-order valence-electron chi connectivity index (χ2n) is 4.31. The summed E-state index contributed by atoms with van der Waals surface area (Å²) in [6, 6.07) is 11.1. The van der Waals surface area contributed by atoms with E-state index in [-0.39, 0.29) is 5.91 Å². The smallest absolute Gasteiger partial charge is 0.269 e. The summed E-state index contributed by atoms with van der Waals surface area (Å²) in [5.41, 5.74) is 2.43. The van der Waals surface area contributed by atoms with Crippen LogP contribution in [0.15, 0.2) is 42.6 Å². The topological polar surface area (TPSA) is 54.0 Å². The molecule has 1 amide bonds. The van der Waals surface area contributed by atoms with Crippen molar-refractivity contribution in [2.75, 3.05) is 18.9 Å². The molecule has 20 heavy (non-hydrogen) atoms. The summed E-state index contributed by atoms with van der Waals surface area (Å²) in [5.74, 6) is -0.165. The Bertz CT molecular complexity index is 567. The number of benzene rings is 1. The Morgan fingerprint density at radius 1 is 1.20 bits per heavy atom. The second-order valence-corrected chi connectivity index (χ2v) is 4.75. The van der Waals surface area contributed by atoms with Crippen molar-refractivity contribution < 1.29 is 4.79 Å². The van der Waals surface area contributed by atoms with E-state index in [0.717, 1.165) is 17.7 Å². The summed E-state index contributed by atoms with van der Waals surface area (Å²) in [6.45, 7) is 0.565. The molecule has 1 aromatic heterocycles. The van der Waals surface area contributed by atoms with E-state index in [1.807, 2.05) is 37.4 Å². The summed E-state index contributed by atoms with van der Waals surface area (Å²) in [4.78, 5) is 16.0. The highest BCUT2D eigenvalue weighted by Crippen LogP contribution is 2.09. The largest absolute Gasteiger partial charge is 0.387 e. The number of pyridine rings is 1. The minimum atomic E-state index is -0.165. The number of anilines is 1. The summed E-state index contributed by atoms with van der Waals surface area (Å²) in [7, 11) is 1.81. The lowest BCUT2D eigenvalue weighted by Gasteiger charge is -2.06. The molecule has 104 valence electrons. The molecule has 0 aliphatic carbocycles. The first kappa shape index (κ1) is 14.3. The van der Waals surface area contributed by atoms with E-state index in [0.29, 0.717) is 17.3 Å². The molecular weight excluding hydrogens is 274 g/mol. The maximum Gasteiger partial charge on any atom is 0.269 e. The Morgan fingerprint density at radius 2 is 1.95 bits per heavy atom. The van der Waals surface area contributed by atoms with Crippen LogP contribution in [0.25, 0.3) is 0 Å². The predicted octanol–water partition coefficient (Wildman–Crippen LogP) is 2.75. The Kier molecular flexibility index (Phi) is 4.96. The SMILES string of the molecule is CNc1ccc(C(=O)NCCc2ccc(Cl)cc2)nc1. The molecule has 2 aromatic rings. The number of carbonyl (C=O) groups is 1. The van der Waals surface area contributed by atoms with Gasteiger partial charge in [0.1, 0.15) is 5.69 Å². The lowest BCUT2D eigenvalue weighted by molar-refractivity contribution is 0.0949. The molecule has 1 aromatic carbocycles. The maximum atomic E-state index is 11.9. The lowest BCUT2D eigenvalue weighted by Crippen LogP contribution is -2.26. The molecule has 2 rings (SSSR count). The number of hydrogen-bond donors (Lipinski definition) is 2. The minimum Gasteiger partial charge on any atom is -0.387 e. The normalized spacial score (nSPS) is 10.1. The van der Waals surface area contributed by atoms with Crippen molar-refractivity contribution in [3.63, 3.8) is 0 Å². The molecule has 0 atom stereocenters. The Labute approximate surface area is 123 Å².